The molecular formula is C16H23FN2OS. The van der Waals surface area contributed by atoms with Gasteiger partial charge in [-0.25, -0.2) is 4.39 Å². The van der Waals surface area contributed by atoms with Gasteiger partial charge in [-0.3, -0.25) is 4.79 Å². The molecule has 2 rings (SSSR count). The van der Waals surface area contributed by atoms with E-state index in [0.29, 0.717) is 11.7 Å². The molecule has 1 heterocycles. The van der Waals surface area contributed by atoms with Gasteiger partial charge in [-0.05, 0) is 37.8 Å². The molecule has 0 spiro atoms. The second-order valence-corrected chi connectivity index (χ2v) is 6.57. The van der Waals surface area contributed by atoms with E-state index in [4.69, 9.17) is 0 Å². The summed E-state index contributed by atoms with van der Waals surface area (Å²) in [6.07, 6.45) is 6.29. The Kier molecular flexibility index (Phi) is 6.51. The summed E-state index contributed by atoms with van der Waals surface area (Å²) in [4.78, 5) is 14.3. The number of halogens is 1. The first-order chi connectivity index (χ1) is 10.2. The molecule has 21 heavy (non-hydrogen) atoms. The third-order valence-electron chi connectivity index (χ3n) is 3.85. The van der Waals surface area contributed by atoms with Crippen molar-refractivity contribution in [2.24, 2.45) is 0 Å². The summed E-state index contributed by atoms with van der Waals surface area (Å²) >= 11 is 1.91. The number of nitrogens with zero attached hydrogens (tertiary/aromatic N) is 1. The summed E-state index contributed by atoms with van der Waals surface area (Å²) in [7, 11) is 0. The van der Waals surface area contributed by atoms with Crippen LogP contribution >= 0.6 is 11.8 Å². The lowest BCUT2D eigenvalue weighted by atomic mass is 10.2. The fraction of sp³-hybridized carbons (Fsp3) is 0.562. The summed E-state index contributed by atoms with van der Waals surface area (Å²) in [6.45, 7) is 2.86. The van der Waals surface area contributed by atoms with E-state index in [1.807, 2.05) is 11.8 Å². The summed E-state index contributed by atoms with van der Waals surface area (Å²) in [5, 5.41) is 3.31. The first-order valence-electron chi connectivity index (χ1n) is 7.48. The van der Waals surface area contributed by atoms with E-state index in [1.165, 1.54) is 25.3 Å². The number of likely N-dealkylation sites (tertiary alicyclic amines) is 1. The van der Waals surface area contributed by atoms with Gasteiger partial charge in [0, 0.05) is 24.8 Å². The number of thioether (sulfide) groups is 1. The zero-order valence-corrected chi connectivity index (χ0v) is 13.3. The predicted molar refractivity (Wildman–Crippen MR) is 87.2 cm³/mol. The fourth-order valence-electron chi connectivity index (χ4n) is 2.61. The summed E-state index contributed by atoms with van der Waals surface area (Å²) in [5.74, 6) is -0.506. The molecule has 0 unspecified atom stereocenters. The highest BCUT2D eigenvalue weighted by atomic mass is 32.2. The van der Waals surface area contributed by atoms with E-state index >= 15 is 0 Å². The summed E-state index contributed by atoms with van der Waals surface area (Å²) < 4.78 is 13.5. The number of amides is 1. The average Bonchev–Trinajstić information content (AvgIpc) is 2.73. The monoisotopic (exact) mass is 310 g/mol. The number of rotatable bonds is 5. The largest absolute Gasteiger partial charge is 0.324 e. The number of hydrogen-bond donors (Lipinski definition) is 1. The number of carbonyl (C=O) groups is 1. The van der Waals surface area contributed by atoms with Gasteiger partial charge in [-0.2, -0.15) is 11.8 Å². The minimum atomic E-state index is -0.386. The molecule has 0 bridgehead atoms. The maximum absolute atomic E-state index is 13.5. The van der Waals surface area contributed by atoms with Gasteiger partial charge < -0.3 is 10.2 Å². The van der Waals surface area contributed by atoms with Gasteiger partial charge in [0.25, 0.3) is 0 Å². The zero-order chi connectivity index (χ0) is 15.1. The molecule has 1 saturated heterocycles. The Labute approximate surface area is 130 Å². The minimum Gasteiger partial charge on any atom is -0.324 e. The Hall–Kier alpha value is -1.07. The molecule has 1 aliphatic heterocycles. The van der Waals surface area contributed by atoms with Crippen LogP contribution in [0.25, 0.3) is 0 Å². The normalized spacial score (nSPS) is 20.0. The highest BCUT2D eigenvalue weighted by Crippen LogP contribution is 2.20. The number of benzene rings is 1. The van der Waals surface area contributed by atoms with Gasteiger partial charge in [0.2, 0.25) is 5.91 Å². The van der Waals surface area contributed by atoms with Crippen LogP contribution in [0.1, 0.15) is 25.7 Å². The molecule has 3 nitrogen and oxygen atoms in total. The molecule has 1 aromatic carbocycles. The molecule has 1 aromatic rings. The van der Waals surface area contributed by atoms with Crippen molar-refractivity contribution < 1.29 is 9.18 Å². The molecule has 1 aliphatic rings. The van der Waals surface area contributed by atoms with E-state index in [9.17, 15) is 9.18 Å². The van der Waals surface area contributed by atoms with Crippen molar-refractivity contribution >= 4 is 23.4 Å². The van der Waals surface area contributed by atoms with Crippen LogP contribution in [-0.2, 0) is 4.79 Å². The van der Waals surface area contributed by atoms with Crippen LogP contribution in [-0.4, -0.2) is 41.9 Å². The molecule has 1 atom stereocenters. The van der Waals surface area contributed by atoms with Crippen LogP contribution in [0.2, 0.25) is 0 Å². The Morgan fingerprint density at radius 2 is 2.24 bits per heavy atom. The van der Waals surface area contributed by atoms with Gasteiger partial charge in [-0.15, -0.1) is 0 Å². The van der Waals surface area contributed by atoms with E-state index in [0.717, 1.165) is 19.6 Å². The van der Waals surface area contributed by atoms with Gasteiger partial charge in [0.15, 0.2) is 0 Å². The van der Waals surface area contributed by atoms with Crippen molar-refractivity contribution in [2.75, 3.05) is 31.2 Å². The topological polar surface area (TPSA) is 32.3 Å². The molecule has 0 saturated carbocycles. The van der Waals surface area contributed by atoms with Gasteiger partial charge in [-0.1, -0.05) is 18.6 Å². The molecule has 0 radical (unpaired) electrons. The molecule has 116 valence electrons. The van der Waals surface area contributed by atoms with Gasteiger partial charge >= 0.3 is 0 Å². The van der Waals surface area contributed by atoms with Gasteiger partial charge in [0.05, 0.1) is 5.69 Å². The van der Waals surface area contributed by atoms with E-state index in [2.05, 4.69) is 16.5 Å². The molecule has 0 aliphatic carbocycles. The van der Waals surface area contributed by atoms with Crippen molar-refractivity contribution in [2.45, 2.75) is 30.9 Å². The van der Waals surface area contributed by atoms with Crippen LogP contribution in [0.5, 0.6) is 0 Å². The number of anilines is 1. The van der Waals surface area contributed by atoms with Crippen LogP contribution in [0.3, 0.4) is 0 Å². The van der Waals surface area contributed by atoms with E-state index in [1.54, 1.807) is 18.2 Å². The molecule has 1 N–H and O–H groups in total. The van der Waals surface area contributed by atoms with Crippen LogP contribution in [0.4, 0.5) is 10.1 Å². The molecule has 0 aromatic heterocycles. The van der Waals surface area contributed by atoms with Crippen molar-refractivity contribution in [1.29, 1.82) is 0 Å². The number of hydrogen-bond acceptors (Lipinski definition) is 3. The first kappa shape index (κ1) is 16.3. The van der Waals surface area contributed by atoms with Crippen molar-refractivity contribution in [3.63, 3.8) is 0 Å². The first-order valence-corrected chi connectivity index (χ1v) is 8.77. The smallest absolute Gasteiger partial charge is 0.225 e. The molecular weight excluding hydrogens is 287 g/mol. The number of carbonyl (C=O) groups excluding carboxylic acids is 1. The van der Waals surface area contributed by atoms with Crippen LogP contribution in [0, 0.1) is 5.82 Å². The van der Waals surface area contributed by atoms with Crippen LogP contribution < -0.4 is 5.32 Å². The predicted octanol–water partition coefficient (Wildman–Crippen LogP) is 3.37. The fourth-order valence-corrected chi connectivity index (χ4v) is 3.37. The number of nitrogens with one attached hydrogen (secondary N) is 1. The van der Waals surface area contributed by atoms with E-state index in [-0.39, 0.29) is 17.4 Å². The standard InChI is InChI=1S/C16H23FN2OS/c1-21-13-6-4-5-10-19(12-13)11-9-16(20)18-15-8-3-2-7-14(15)17/h2-3,7-8,13H,4-6,9-12H2,1H3,(H,18,20)/t13-/m1/s1. The lowest BCUT2D eigenvalue weighted by molar-refractivity contribution is -0.116. The Balaban J connectivity index is 1.79. The van der Waals surface area contributed by atoms with Gasteiger partial charge in [0.1, 0.15) is 5.82 Å². The second kappa shape index (κ2) is 8.39. The molecule has 1 fully saturated rings. The Morgan fingerprint density at radius 3 is 3.00 bits per heavy atom. The quantitative estimate of drug-likeness (QED) is 0.905. The lowest BCUT2D eigenvalue weighted by Crippen LogP contribution is -2.32. The molecule has 1 amide bonds. The minimum absolute atomic E-state index is 0.120. The maximum atomic E-state index is 13.5. The Morgan fingerprint density at radius 1 is 1.43 bits per heavy atom. The van der Waals surface area contributed by atoms with Crippen molar-refractivity contribution in [1.82, 2.24) is 4.90 Å². The SMILES string of the molecule is CS[C@@H]1CCCCN(CCC(=O)Nc2ccccc2F)C1. The summed E-state index contributed by atoms with van der Waals surface area (Å²) in [5.41, 5.74) is 0.264. The van der Waals surface area contributed by atoms with E-state index < -0.39 is 0 Å². The number of para-hydroxylation sites is 1. The van der Waals surface area contributed by atoms with Crippen molar-refractivity contribution in [3.05, 3.63) is 30.1 Å². The maximum Gasteiger partial charge on any atom is 0.225 e. The average molecular weight is 310 g/mol. The zero-order valence-electron chi connectivity index (χ0n) is 12.5. The second-order valence-electron chi connectivity index (χ2n) is 5.43. The third kappa shape index (κ3) is 5.32. The third-order valence-corrected chi connectivity index (χ3v) is 4.90. The van der Waals surface area contributed by atoms with Crippen LogP contribution in [0.15, 0.2) is 24.3 Å². The lowest BCUT2D eigenvalue weighted by Gasteiger charge is -2.22. The molecule has 5 heteroatoms. The Bertz CT molecular complexity index is 469. The summed E-state index contributed by atoms with van der Waals surface area (Å²) in [6, 6.07) is 6.28. The van der Waals surface area contributed by atoms with Crippen molar-refractivity contribution in [3.8, 4) is 0 Å². The highest BCUT2D eigenvalue weighted by Gasteiger charge is 2.18. The highest BCUT2D eigenvalue weighted by molar-refractivity contribution is 7.99.